The molecule has 5 rings (SSSR count). The number of fused-ring (bicyclic) bond motifs is 1. The Balaban J connectivity index is 1.34. The summed E-state index contributed by atoms with van der Waals surface area (Å²) in [6.07, 6.45) is 6.86. The minimum atomic E-state index is -3.84. The Morgan fingerprint density at radius 2 is 1.70 bits per heavy atom. The average Bonchev–Trinajstić information content (AvgIpc) is 3.42. The van der Waals surface area contributed by atoms with Crippen LogP contribution < -0.4 is 0 Å². The van der Waals surface area contributed by atoms with Crippen molar-refractivity contribution in [3.63, 3.8) is 0 Å². The number of aromatic nitrogens is 4. The van der Waals surface area contributed by atoms with Gasteiger partial charge in [-0.25, -0.2) is 13.4 Å². The Morgan fingerprint density at radius 1 is 0.940 bits per heavy atom. The first-order chi connectivity index (χ1) is 24.1. The summed E-state index contributed by atoms with van der Waals surface area (Å²) in [6.45, 7) is 11.3. The van der Waals surface area contributed by atoms with Crippen molar-refractivity contribution in [2.24, 2.45) is 5.92 Å². The lowest BCUT2D eigenvalue weighted by atomic mass is 9.92. The molecule has 5 aromatic rings. The van der Waals surface area contributed by atoms with Crippen molar-refractivity contribution in [1.82, 2.24) is 28.7 Å². The quantitative estimate of drug-likeness (QED) is 0.0931. The zero-order valence-corrected chi connectivity index (χ0v) is 31.3. The number of likely N-dealkylation sites (N-methyl/N-ethyl adjacent to an activating group) is 1. The van der Waals surface area contributed by atoms with Crippen LogP contribution in [-0.4, -0.2) is 83.1 Å². The van der Waals surface area contributed by atoms with Crippen LogP contribution in [0.3, 0.4) is 0 Å². The van der Waals surface area contributed by atoms with E-state index in [2.05, 4.69) is 63.5 Å². The van der Waals surface area contributed by atoms with Crippen molar-refractivity contribution in [2.75, 3.05) is 39.9 Å². The predicted molar refractivity (Wildman–Crippen MR) is 201 cm³/mol. The first-order valence-corrected chi connectivity index (χ1v) is 19.2. The van der Waals surface area contributed by atoms with Crippen LogP contribution in [0.25, 0.3) is 11.0 Å². The maximum absolute atomic E-state index is 14.5. The average molecular weight is 717 g/mol. The highest BCUT2D eigenvalue weighted by Gasteiger charge is 2.32. The number of hydrogen-bond donors (Lipinski definition) is 0. The molecule has 0 amide bonds. The molecule has 11 heteroatoms. The fourth-order valence-electron chi connectivity index (χ4n) is 6.45. The zero-order valence-electron chi connectivity index (χ0n) is 29.7. The van der Waals surface area contributed by atoms with Gasteiger partial charge in [0, 0.05) is 61.3 Å². The molecule has 0 radical (unpaired) electrons. The van der Waals surface area contributed by atoms with Gasteiger partial charge in [-0.15, -0.1) is 0 Å². The van der Waals surface area contributed by atoms with Crippen LogP contribution in [0.2, 0.25) is 5.02 Å². The van der Waals surface area contributed by atoms with Crippen LogP contribution in [0.4, 0.5) is 0 Å². The smallest absolute Gasteiger partial charge is 0.243 e. The number of aryl methyl sites for hydroxylation is 1. The minimum Gasteiger partial charge on any atom is -0.380 e. The lowest BCUT2D eigenvalue weighted by molar-refractivity contribution is 0.0858. The summed E-state index contributed by atoms with van der Waals surface area (Å²) >= 11 is 6.20. The second kappa shape index (κ2) is 17.5. The Labute approximate surface area is 302 Å². The molecule has 0 aliphatic carbocycles. The van der Waals surface area contributed by atoms with Gasteiger partial charge in [0.15, 0.2) is 0 Å². The van der Waals surface area contributed by atoms with Crippen molar-refractivity contribution >= 4 is 32.7 Å². The molecule has 0 aliphatic rings. The van der Waals surface area contributed by atoms with Crippen LogP contribution in [0.1, 0.15) is 62.2 Å². The Kier molecular flexibility index (Phi) is 13.2. The number of hydrogen-bond acceptors (Lipinski definition) is 7. The number of benzene rings is 2. The van der Waals surface area contributed by atoms with E-state index in [9.17, 15) is 8.42 Å². The van der Waals surface area contributed by atoms with Gasteiger partial charge in [0.2, 0.25) is 10.0 Å². The van der Waals surface area contributed by atoms with E-state index in [1.54, 1.807) is 28.8 Å². The predicted octanol–water partition coefficient (Wildman–Crippen LogP) is 7.43. The Bertz CT molecular complexity index is 1900. The molecular weight excluding hydrogens is 668 g/mol. The summed E-state index contributed by atoms with van der Waals surface area (Å²) in [5.74, 6) is 1.26. The normalized spacial score (nSPS) is 13.5. The lowest BCUT2D eigenvalue weighted by Crippen LogP contribution is -2.47. The third kappa shape index (κ3) is 9.56. The zero-order chi connectivity index (χ0) is 35.7. The Hall–Kier alpha value is -3.67. The second-order valence-corrected chi connectivity index (χ2v) is 15.6. The molecule has 3 heterocycles. The number of sulfonamides is 1. The first kappa shape index (κ1) is 37.6. The van der Waals surface area contributed by atoms with E-state index in [0.29, 0.717) is 50.2 Å². The van der Waals surface area contributed by atoms with E-state index in [-0.39, 0.29) is 16.9 Å². The molecule has 0 bridgehead atoms. The summed E-state index contributed by atoms with van der Waals surface area (Å²) < 4.78 is 38.6. The molecule has 0 aliphatic heterocycles. The van der Waals surface area contributed by atoms with Gasteiger partial charge >= 0.3 is 0 Å². The van der Waals surface area contributed by atoms with E-state index in [1.165, 1.54) is 0 Å². The molecule has 0 spiro atoms. The molecule has 9 nitrogen and oxygen atoms in total. The number of imidazole rings is 1. The topological polar surface area (TPSA) is 93.5 Å². The van der Waals surface area contributed by atoms with Gasteiger partial charge < -0.3 is 14.2 Å². The van der Waals surface area contributed by atoms with Gasteiger partial charge in [-0.1, -0.05) is 55.8 Å². The third-order valence-electron chi connectivity index (χ3n) is 9.10. The summed E-state index contributed by atoms with van der Waals surface area (Å²) in [5, 5.41) is 0.698. The van der Waals surface area contributed by atoms with E-state index >= 15 is 0 Å². The molecule has 0 saturated heterocycles. The molecule has 0 saturated carbocycles. The molecular formula is C39H49ClN6O3S. The van der Waals surface area contributed by atoms with Crippen LogP contribution in [0, 0.1) is 12.8 Å². The highest BCUT2D eigenvalue weighted by Crippen LogP contribution is 2.28. The maximum atomic E-state index is 14.5. The molecule has 2 aromatic carbocycles. The monoisotopic (exact) mass is 716 g/mol. The molecule has 266 valence electrons. The highest BCUT2D eigenvalue weighted by molar-refractivity contribution is 7.89. The van der Waals surface area contributed by atoms with Crippen LogP contribution in [-0.2, 0) is 21.3 Å². The largest absolute Gasteiger partial charge is 0.380 e. The van der Waals surface area contributed by atoms with Gasteiger partial charge in [0.05, 0.1) is 23.2 Å². The van der Waals surface area contributed by atoms with Crippen molar-refractivity contribution in [1.29, 1.82) is 0 Å². The van der Waals surface area contributed by atoms with Crippen molar-refractivity contribution in [2.45, 2.75) is 63.9 Å². The maximum Gasteiger partial charge on any atom is 0.243 e. The third-order valence-corrected chi connectivity index (χ3v) is 11.3. The SMILES string of the molecule is CCOC[C@H](CC(C)C)N(CCN(C)CC[C@@H](c1ccc(Cl)cc1)c1ccccn1)S(=O)(=O)c1ccc(Cn2c(C)nc3cnccc32)cc1. The van der Waals surface area contributed by atoms with Crippen LogP contribution in [0.15, 0.2) is 96.3 Å². The van der Waals surface area contributed by atoms with E-state index in [0.717, 1.165) is 46.6 Å². The van der Waals surface area contributed by atoms with Gasteiger partial charge in [0.25, 0.3) is 0 Å². The molecule has 0 N–H and O–H groups in total. The molecule has 0 unspecified atom stereocenters. The standard InChI is InChI=1S/C39H49ClN6O3S/c1-6-49-28-34(25-29(2)3)46(24-23-44(5)22-19-36(37-9-7-8-20-42-37)32-12-14-33(40)15-13-32)50(47,48)35-16-10-31(11-17-35)27-45-30(4)43-38-26-41-21-18-39(38)45/h7-18,20-21,26,29,34,36H,6,19,22-25,27-28H2,1-5H3/t34-,36-/m0/s1. The number of ether oxygens (including phenoxy) is 1. The number of rotatable bonds is 18. The molecule has 2 atom stereocenters. The van der Waals surface area contributed by atoms with Gasteiger partial charge in [-0.3, -0.25) is 9.97 Å². The number of pyridine rings is 2. The van der Waals surface area contributed by atoms with E-state index < -0.39 is 10.0 Å². The molecule has 0 fully saturated rings. The van der Waals surface area contributed by atoms with Crippen molar-refractivity contribution in [3.05, 3.63) is 119 Å². The summed E-state index contributed by atoms with van der Waals surface area (Å²) in [5.41, 5.74) is 4.98. The van der Waals surface area contributed by atoms with Crippen LogP contribution in [0.5, 0.6) is 0 Å². The van der Waals surface area contributed by atoms with Crippen molar-refractivity contribution < 1.29 is 13.2 Å². The number of nitrogens with zero attached hydrogens (tertiary/aromatic N) is 6. The van der Waals surface area contributed by atoms with Crippen LogP contribution >= 0.6 is 11.6 Å². The minimum absolute atomic E-state index is 0.0849. The summed E-state index contributed by atoms with van der Waals surface area (Å²) in [6, 6.07) is 22.9. The van der Waals surface area contributed by atoms with Gasteiger partial charge in [-0.2, -0.15) is 4.31 Å². The number of halogens is 1. The van der Waals surface area contributed by atoms with E-state index in [4.69, 9.17) is 16.3 Å². The van der Waals surface area contributed by atoms with Gasteiger partial charge in [0.1, 0.15) is 11.3 Å². The fraction of sp³-hybridized carbons (Fsp3) is 0.410. The Morgan fingerprint density at radius 3 is 2.38 bits per heavy atom. The molecule has 3 aromatic heterocycles. The summed E-state index contributed by atoms with van der Waals surface area (Å²) in [4.78, 5) is 16.0. The summed E-state index contributed by atoms with van der Waals surface area (Å²) in [7, 11) is -1.79. The molecule has 50 heavy (non-hydrogen) atoms. The fourth-order valence-corrected chi connectivity index (χ4v) is 8.18. The highest BCUT2D eigenvalue weighted by atomic mass is 35.5. The first-order valence-electron chi connectivity index (χ1n) is 17.4. The second-order valence-electron chi connectivity index (χ2n) is 13.3. The van der Waals surface area contributed by atoms with Gasteiger partial charge in [-0.05, 0) is 99.8 Å². The lowest BCUT2D eigenvalue weighted by Gasteiger charge is -2.33. The van der Waals surface area contributed by atoms with E-state index in [1.807, 2.05) is 62.5 Å². The van der Waals surface area contributed by atoms with Crippen molar-refractivity contribution in [3.8, 4) is 0 Å².